The first-order chi connectivity index (χ1) is 12.5. The maximum Gasteiger partial charge on any atom is 0.251 e. The number of carbonyl (C=O) groups is 1. The van der Waals surface area contributed by atoms with E-state index in [4.69, 9.17) is 4.74 Å². The number of hydrogen-bond donors (Lipinski definition) is 1. The van der Waals surface area contributed by atoms with Crippen LogP contribution >= 0.6 is 11.3 Å². The molecule has 0 saturated carbocycles. The lowest BCUT2D eigenvalue weighted by Crippen LogP contribution is -2.26. The number of thiazole rings is 1. The summed E-state index contributed by atoms with van der Waals surface area (Å²) in [5, 5.41) is 6.04. The summed E-state index contributed by atoms with van der Waals surface area (Å²) in [5.41, 5.74) is 3.82. The zero-order valence-corrected chi connectivity index (χ0v) is 16.0. The van der Waals surface area contributed by atoms with E-state index in [1.165, 1.54) is 5.56 Å². The highest BCUT2D eigenvalue weighted by Gasteiger charge is 2.11. The molecule has 1 unspecified atom stereocenters. The van der Waals surface area contributed by atoms with Crippen molar-refractivity contribution in [3.05, 3.63) is 81.3 Å². The second-order valence-corrected chi connectivity index (χ2v) is 7.34. The van der Waals surface area contributed by atoms with E-state index in [-0.39, 0.29) is 11.9 Å². The Morgan fingerprint density at radius 2 is 1.81 bits per heavy atom. The summed E-state index contributed by atoms with van der Waals surface area (Å²) < 4.78 is 5.71. The van der Waals surface area contributed by atoms with Crippen molar-refractivity contribution >= 4 is 17.2 Å². The molecule has 3 rings (SSSR count). The van der Waals surface area contributed by atoms with Crippen LogP contribution in [0.25, 0.3) is 0 Å². The van der Waals surface area contributed by atoms with Gasteiger partial charge < -0.3 is 10.1 Å². The molecular formula is C21H22N2O2S. The summed E-state index contributed by atoms with van der Waals surface area (Å²) in [7, 11) is 0. The molecule has 2 aromatic carbocycles. The normalized spacial score (nSPS) is 11.8. The van der Waals surface area contributed by atoms with Crippen molar-refractivity contribution in [2.24, 2.45) is 0 Å². The van der Waals surface area contributed by atoms with E-state index in [2.05, 4.69) is 10.3 Å². The van der Waals surface area contributed by atoms with E-state index >= 15 is 0 Å². The molecule has 3 aromatic rings. The molecule has 1 atom stereocenters. The predicted octanol–water partition coefficient (Wildman–Crippen LogP) is 4.83. The van der Waals surface area contributed by atoms with Crippen molar-refractivity contribution in [1.82, 2.24) is 10.3 Å². The second-order valence-electron chi connectivity index (χ2n) is 6.28. The van der Waals surface area contributed by atoms with Crippen LogP contribution in [-0.4, -0.2) is 10.9 Å². The van der Waals surface area contributed by atoms with Gasteiger partial charge in [-0.25, -0.2) is 4.98 Å². The van der Waals surface area contributed by atoms with E-state index in [0.717, 1.165) is 22.0 Å². The summed E-state index contributed by atoms with van der Waals surface area (Å²) in [6.07, 6.45) is 0. The van der Waals surface area contributed by atoms with Gasteiger partial charge in [0.2, 0.25) is 0 Å². The van der Waals surface area contributed by atoms with Crippen molar-refractivity contribution < 1.29 is 9.53 Å². The predicted molar refractivity (Wildman–Crippen MR) is 105 cm³/mol. The van der Waals surface area contributed by atoms with Gasteiger partial charge in [0.25, 0.3) is 5.91 Å². The highest BCUT2D eigenvalue weighted by molar-refractivity contribution is 7.09. The maximum atomic E-state index is 12.4. The number of ether oxygens (including phenoxy) is 1. The Morgan fingerprint density at radius 1 is 1.12 bits per heavy atom. The van der Waals surface area contributed by atoms with Crippen LogP contribution in [0.2, 0.25) is 0 Å². The minimum absolute atomic E-state index is 0.0491. The molecule has 5 heteroatoms. The van der Waals surface area contributed by atoms with Crippen LogP contribution in [-0.2, 0) is 6.61 Å². The van der Waals surface area contributed by atoms with E-state index in [9.17, 15) is 4.79 Å². The number of rotatable bonds is 6. The molecule has 1 amide bonds. The molecule has 4 nitrogen and oxygen atoms in total. The zero-order valence-electron chi connectivity index (χ0n) is 15.2. The zero-order chi connectivity index (χ0) is 18.5. The second kappa shape index (κ2) is 8.15. The van der Waals surface area contributed by atoms with Gasteiger partial charge in [0.15, 0.2) is 0 Å². The number of aryl methyl sites for hydroxylation is 2. The fourth-order valence-electron chi connectivity index (χ4n) is 2.55. The van der Waals surface area contributed by atoms with Crippen molar-refractivity contribution in [3.8, 4) is 5.75 Å². The molecule has 0 spiro atoms. The van der Waals surface area contributed by atoms with Crippen LogP contribution in [0.4, 0.5) is 0 Å². The van der Waals surface area contributed by atoms with E-state index < -0.39 is 0 Å². The molecule has 0 saturated heterocycles. The molecule has 1 aromatic heterocycles. The van der Waals surface area contributed by atoms with Crippen LogP contribution in [0.5, 0.6) is 5.75 Å². The number of aromatic nitrogens is 1. The first-order valence-corrected chi connectivity index (χ1v) is 9.40. The van der Waals surface area contributed by atoms with Crippen molar-refractivity contribution in [3.63, 3.8) is 0 Å². The van der Waals surface area contributed by atoms with Gasteiger partial charge >= 0.3 is 0 Å². The molecule has 0 radical (unpaired) electrons. The fourth-order valence-corrected chi connectivity index (χ4v) is 3.15. The summed E-state index contributed by atoms with van der Waals surface area (Å²) in [6, 6.07) is 15.3. The van der Waals surface area contributed by atoms with Crippen LogP contribution in [0.1, 0.15) is 45.2 Å². The van der Waals surface area contributed by atoms with E-state index in [1.807, 2.05) is 62.5 Å². The number of hydrogen-bond acceptors (Lipinski definition) is 4. The summed E-state index contributed by atoms with van der Waals surface area (Å²) in [6.45, 7) is 6.43. The Kier molecular flexibility index (Phi) is 5.68. The SMILES string of the molecule is Cc1ccc(C(C)NC(=O)c2ccc(OCc3csc(C)n3)cc2)cc1. The van der Waals surface area contributed by atoms with Gasteiger partial charge in [-0.05, 0) is 50.6 Å². The topological polar surface area (TPSA) is 51.2 Å². The molecule has 1 heterocycles. The molecule has 1 N–H and O–H groups in total. The van der Waals surface area contributed by atoms with Gasteiger partial charge in [-0.1, -0.05) is 29.8 Å². The third-order valence-electron chi connectivity index (χ3n) is 4.09. The summed E-state index contributed by atoms with van der Waals surface area (Å²) in [5.74, 6) is 0.624. The Morgan fingerprint density at radius 3 is 2.42 bits per heavy atom. The Bertz CT molecular complexity index is 870. The van der Waals surface area contributed by atoms with Gasteiger partial charge in [0.05, 0.1) is 16.7 Å². The van der Waals surface area contributed by atoms with Gasteiger partial charge in [-0.2, -0.15) is 0 Å². The van der Waals surface area contributed by atoms with Crippen LogP contribution < -0.4 is 10.1 Å². The smallest absolute Gasteiger partial charge is 0.251 e. The first kappa shape index (κ1) is 18.1. The molecule has 26 heavy (non-hydrogen) atoms. The third kappa shape index (κ3) is 4.70. The minimum atomic E-state index is -0.0975. The Hall–Kier alpha value is -2.66. The molecule has 0 aliphatic rings. The maximum absolute atomic E-state index is 12.4. The highest BCUT2D eigenvalue weighted by atomic mass is 32.1. The van der Waals surface area contributed by atoms with E-state index in [1.54, 1.807) is 23.5 Å². The lowest BCUT2D eigenvalue weighted by atomic mass is 10.1. The fraction of sp³-hybridized carbons (Fsp3) is 0.238. The first-order valence-electron chi connectivity index (χ1n) is 8.52. The number of nitrogens with zero attached hydrogens (tertiary/aromatic N) is 1. The molecule has 0 aliphatic heterocycles. The van der Waals surface area contributed by atoms with Crippen molar-refractivity contribution in [2.45, 2.75) is 33.4 Å². The average Bonchev–Trinajstić information content (AvgIpc) is 3.06. The van der Waals surface area contributed by atoms with Gasteiger partial charge in [0.1, 0.15) is 12.4 Å². The monoisotopic (exact) mass is 366 g/mol. The molecular weight excluding hydrogens is 344 g/mol. The number of nitrogens with one attached hydrogen (secondary N) is 1. The third-order valence-corrected chi connectivity index (χ3v) is 4.92. The van der Waals surface area contributed by atoms with Crippen molar-refractivity contribution in [2.75, 3.05) is 0 Å². The van der Waals surface area contributed by atoms with Crippen molar-refractivity contribution in [1.29, 1.82) is 0 Å². The van der Waals surface area contributed by atoms with E-state index in [0.29, 0.717) is 12.2 Å². The van der Waals surface area contributed by atoms with Crippen LogP contribution in [0.3, 0.4) is 0 Å². The van der Waals surface area contributed by atoms with Crippen LogP contribution in [0, 0.1) is 13.8 Å². The number of amides is 1. The minimum Gasteiger partial charge on any atom is -0.487 e. The molecule has 0 aliphatic carbocycles. The Balaban J connectivity index is 1.57. The van der Waals surface area contributed by atoms with Gasteiger partial charge in [-0.15, -0.1) is 11.3 Å². The summed E-state index contributed by atoms with van der Waals surface area (Å²) >= 11 is 1.61. The molecule has 0 bridgehead atoms. The number of carbonyl (C=O) groups excluding carboxylic acids is 1. The lowest BCUT2D eigenvalue weighted by Gasteiger charge is -2.15. The average molecular weight is 366 g/mol. The van der Waals surface area contributed by atoms with Gasteiger partial charge in [-0.3, -0.25) is 4.79 Å². The number of benzene rings is 2. The summed E-state index contributed by atoms with van der Waals surface area (Å²) in [4.78, 5) is 16.8. The molecule has 134 valence electrons. The molecule has 0 fully saturated rings. The van der Waals surface area contributed by atoms with Gasteiger partial charge in [0, 0.05) is 10.9 Å². The largest absolute Gasteiger partial charge is 0.487 e. The van der Waals surface area contributed by atoms with Crippen LogP contribution in [0.15, 0.2) is 53.9 Å². The highest BCUT2D eigenvalue weighted by Crippen LogP contribution is 2.17. The standard InChI is InChI=1S/C21H22N2O2S/c1-14-4-6-17(7-5-14)15(2)22-21(24)18-8-10-20(11-9-18)25-12-19-13-26-16(3)23-19/h4-11,13,15H,12H2,1-3H3,(H,22,24). The Labute approximate surface area is 157 Å². The lowest BCUT2D eigenvalue weighted by molar-refractivity contribution is 0.0940. The quantitative estimate of drug-likeness (QED) is 0.680.